The van der Waals surface area contributed by atoms with Crippen molar-refractivity contribution in [3.63, 3.8) is 0 Å². The zero-order valence-corrected chi connectivity index (χ0v) is 34.2. The third kappa shape index (κ3) is 14.1. The minimum Gasteiger partial charge on any atom is -0.548 e. The van der Waals surface area contributed by atoms with Crippen molar-refractivity contribution in [2.45, 2.75) is 88.5 Å². The van der Waals surface area contributed by atoms with Gasteiger partial charge in [-0.25, -0.2) is 4.79 Å². The molecule has 5 atom stereocenters. The number of aliphatic carboxylic acids is 1. The summed E-state index contributed by atoms with van der Waals surface area (Å²) in [5, 5.41) is 27.2. The molecule has 0 unspecified atom stereocenters. The summed E-state index contributed by atoms with van der Waals surface area (Å²) in [6, 6.07) is 10.9. The van der Waals surface area contributed by atoms with Gasteiger partial charge in [-0.1, -0.05) is 60.7 Å². The number of guanidine groups is 1. The number of hydrogen-bond acceptors (Lipinski definition) is 9. The Labute approximate surface area is 348 Å². The van der Waals surface area contributed by atoms with Crippen LogP contribution in [0.2, 0.25) is 0 Å². The molecule has 0 bridgehead atoms. The van der Waals surface area contributed by atoms with Crippen LogP contribution < -0.4 is 47.7 Å². The number of carbonyl (C=O) groups excluding carboxylic acids is 8. The molecule has 2 saturated heterocycles. The lowest BCUT2D eigenvalue weighted by molar-refractivity contribution is -0.460. The average molecular weight is 833 g/mol. The second-order valence-electron chi connectivity index (χ2n) is 15.1. The lowest BCUT2D eigenvalue weighted by atomic mass is 9.90. The van der Waals surface area contributed by atoms with Crippen molar-refractivity contribution in [1.82, 2.24) is 41.7 Å². The number of amides is 8. The Balaban J connectivity index is 1.60. The van der Waals surface area contributed by atoms with Crippen LogP contribution in [-0.2, 0) is 46.4 Å². The number of carboxylic acid groups (broad SMARTS) is 1. The smallest absolute Gasteiger partial charge is 0.379 e. The Kier molecular flexibility index (Phi) is 17.4. The largest absolute Gasteiger partial charge is 0.548 e. The topological polar surface area (TPSA) is 278 Å². The summed E-state index contributed by atoms with van der Waals surface area (Å²) in [5.41, 5.74) is 7.60. The SMILES string of the molecule is CNC(=O)NC(N)=[NH+]CCC[C@@H]1NC(=O)[C@@H](C)NC(=O)C[C@@H](C(=O)N2CCC(Cc3ccccc3)CC2)NC(=O)C[C@@H](C(=O)[O-])NC(=O)[C@H](Cc2ccccc2)N(C)C1=O. The maximum atomic E-state index is 14.2. The molecule has 2 heterocycles. The van der Waals surface area contributed by atoms with Crippen LogP contribution >= 0.6 is 0 Å². The number of carboxylic acids is 1. The minimum atomic E-state index is -1.89. The maximum Gasteiger partial charge on any atom is 0.379 e. The lowest BCUT2D eigenvalue weighted by Crippen LogP contribution is -2.79. The van der Waals surface area contributed by atoms with Gasteiger partial charge in [-0.3, -0.25) is 39.5 Å². The minimum absolute atomic E-state index is 0.00574. The number of likely N-dealkylation sites (tertiary alicyclic amines) is 1. The Bertz CT molecular complexity index is 1870. The van der Waals surface area contributed by atoms with Gasteiger partial charge in [0.2, 0.25) is 35.4 Å². The highest BCUT2D eigenvalue weighted by molar-refractivity contribution is 5.98. The number of rotatable bonds is 10. The number of hydrogen-bond donors (Lipinski definition) is 8. The quantitative estimate of drug-likeness (QED) is 0.0656. The molecule has 9 N–H and O–H groups in total. The summed E-state index contributed by atoms with van der Waals surface area (Å²) < 4.78 is 0. The highest BCUT2D eigenvalue weighted by atomic mass is 16.4. The number of nitrogens with two attached hydrogens (primary N) is 1. The van der Waals surface area contributed by atoms with Gasteiger partial charge < -0.3 is 46.3 Å². The van der Waals surface area contributed by atoms with Gasteiger partial charge in [0, 0.05) is 33.6 Å². The Morgan fingerprint density at radius 2 is 1.40 bits per heavy atom. The van der Waals surface area contributed by atoms with Crippen LogP contribution in [0, 0.1) is 5.92 Å². The predicted molar refractivity (Wildman–Crippen MR) is 216 cm³/mol. The molecular formula is C41H56N10O9. The Morgan fingerprint density at radius 1 is 0.817 bits per heavy atom. The molecule has 0 saturated carbocycles. The molecule has 324 valence electrons. The van der Waals surface area contributed by atoms with Crippen molar-refractivity contribution in [2.75, 3.05) is 33.7 Å². The van der Waals surface area contributed by atoms with Gasteiger partial charge in [-0.05, 0) is 56.1 Å². The first kappa shape index (κ1) is 46.2. The van der Waals surface area contributed by atoms with Gasteiger partial charge in [0.1, 0.15) is 24.2 Å². The first-order valence-corrected chi connectivity index (χ1v) is 20.0. The molecule has 0 radical (unpaired) electrons. The van der Waals surface area contributed by atoms with Crippen LogP contribution in [0.4, 0.5) is 4.79 Å². The van der Waals surface area contributed by atoms with Crippen molar-refractivity contribution < 1.29 is 48.5 Å². The molecule has 2 fully saturated rings. The van der Waals surface area contributed by atoms with Crippen LogP contribution in [0.15, 0.2) is 60.7 Å². The monoisotopic (exact) mass is 832 g/mol. The molecule has 0 spiro atoms. The van der Waals surface area contributed by atoms with E-state index in [9.17, 15) is 43.5 Å². The van der Waals surface area contributed by atoms with Gasteiger partial charge >= 0.3 is 12.0 Å². The third-order valence-corrected chi connectivity index (χ3v) is 10.5. The van der Waals surface area contributed by atoms with Crippen molar-refractivity contribution >= 4 is 53.4 Å². The number of carbonyl (C=O) groups is 8. The molecule has 0 aliphatic carbocycles. The fourth-order valence-corrected chi connectivity index (χ4v) is 7.13. The number of likely N-dealkylation sites (N-methyl/N-ethyl adjacent to an activating group) is 1. The summed E-state index contributed by atoms with van der Waals surface area (Å²) in [4.78, 5) is 112. The normalized spacial score (nSPS) is 23.0. The second-order valence-corrected chi connectivity index (χ2v) is 15.1. The molecule has 2 aromatic carbocycles. The maximum absolute atomic E-state index is 14.2. The molecule has 0 aromatic heterocycles. The van der Waals surface area contributed by atoms with E-state index in [2.05, 4.69) is 36.9 Å². The standard InChI is InChI=1S/C41H56N10O9/c1-25-35(54)47-29(15-10-18-44-40(42)49-41(60)43-2)37(56)50(3)32(22-27-13-8-5-9-14-27)36(55)48-31(39(58)59)24-34(53)46-30(23-33(52)45-25)38(57)51-19-16-28(17-20-51)21-26-11-6-4-7-12-26/h4-9,11-14,25,28-32H,10,15-24H2,1-3H3,(H,45,52)(H,46,53)(H,47,54)(H,48,55)(H,58,59)(H4,42,43,44,49,60)/t25-,29+,30+,31+,32+/m1/s1. The molecule has 8 amide bonds. The van der Waals surface area contributed by atoms with Gasteiger partial charge in [0.15, 0.2) is 0 Å². The summed E-state index contributed by atoms with van der Waals surface area (Å²) >= 11 is 0. The number of piperidine rings is 1. The van der Waals surface area contributed by atoms with E-state index >= 15 is 0 Å². The highest BCUT2D eigenvalue weighted by Gasteiger charge is 2.36. The first-order valence-electron chi connectivity index (χ1n) is 20.0. The van der Waals surface area contributed by atoms with E-state index in [1.807, 2.05) is 30.3 Å². The van der Waals surface area contributed by atoms with E-state index in [1.165, 1.54) is 26.6 Å². The second kappa shape index (κ2) is 22.6. The molecule has 2 aliphatic rings. The zero-order valence-electron chi connectivity index (χ0n) is 34.2. The van der Waals surface area contributed by atoms with Gasteiger partial charge in [-0.15, -0.1) is 0 Å². The lowest BCUT2D eigenvalue weighted by Gasteiger charge is -2.34. The van der Waals surface area contributed by atoms with E-state index in [0.29, 0.717) is 37.4 Å². The van der Waals surface area contributed by atoms with Crippen LogP contribution in [0.3, 0.4) is 0 Å². The average Bonchev–Trinajstić information content (AvgIpc) is 3.23. The number of nitrogens with one attached hydrogen (secondary N) is 7. The van der Waals surface area contributed by atoms with Crippen LogP contribution in [0.25, 0.3) is 0 Å². The fourth-order valence-electron chi connectivity index (χ4n) is 7.13. The Morgan fingerprint density at radius 3 is 2.00 bits per heavy atom. The summed E-state index contributed by atoms with van der Waals surface area (Å²) in [6.07, 6.45) is 0.871. The van der Waals surface area contributed by atoms with E-state index in [1.54, 1.807) is 35.2 Å². The van der Waals surface area contributed by atoms with Gasteiger partial charge in [0.05, 0.1) is 31.4 Å². The van der Waals surface area contributed by atoms with Gasteiger partial charge in [-0.2, -0.15) is 5.32 Å². The summed E-state index contributed by atoms with van der Waals surface area (Å²) in [6.45, 7) is 2.25. The summed E-state index contributed by atoms with van der Waals surface area (Å²) in [5.74, 6) is -6.24. The zero-order chi connectivity index (χ0) is 43.8. The summed E-state index contributed by atoms with van der Waals surface area (Å²) in [7, 11) is 2.73. The number of urea groups is 1. The van der Waals surface area contributed by atoms with Crippen LogP contribution in [-0.4, -0.2) is 127 Å². The van der Waals surface area contributed by atoms with Crippen LogP contribution in [0.5, 0.6) is 0 Å². The molecule has 2 aromatic rings. The van der Waals surface area contributed by atoms with Crippen molar-refractivity contribution in [1.29, 1.82) is 0 Å². The first-order chi connectivity index (χ1) is 28.6. The van der Waals surface area contributed by atoms with Crippen molar-refractivity contribution in [3.05, 3.63) is 71.8 Å². The molecule has 19 heteroatoms. The molecule has 2 aliphatic heterocycles. The predicted octanol–water partition coefficient (Wildman–Crippen LogP) is -3.86. The molecule has 19 nitrogen and oxygen atoms in total. The fraction of sp³-hybridized carbons (Fsp3) is 0.488. The molecule has 4 rings (SSSR count). The number of nitrogens with zero attached hydrogens (tertiary/aromatic N) is 2. The van der Waals surface area contributed by atoms with Crippen LogP contribution in [0.1, 0.15) is 56.6 Å². The van der Waals surface area contributed by atoms with Crippen molar-refractivity contribution in [2.24, 2.45) is 11.7 Å². The van der Waals surface area contributed by atoms with E-state index in [0.717, 1.165) is 11.3 Å². The highest BCUT2D eigenvalue weighted by Crippen LogP contribution is 2.23. The van der Waals surface area contributed by atoms with Crippen molar-refractivity contribution in [3.8, 4) is 0 Å². The van der Waals surface area contributed by atoms with E-state index in [4.69, 9.17) is 5.73 Å². The van der Waals surface area contributed by atoms with E-state index in [-0.39, 0.29) is 31.8 Å². The Hall–Kier alpha value is -6.53. The molecule has 60 heavy (non-hydrogen) atoms. The third-order valence-electron chi connectivity index (χ3n) is 10.5. The van der Waals surface area contributed by atoms with Gasteiger partial charge in [0.25, 0.3) is 0 Å². The van der Waals surface area contributed by atoms with E-state index < -0.39 is 90.5 Å². The number of benzene rings is 2. The molecular weight excluding hydrogens is 777 g/mol.